The number of carbonyl (C=O) groups is 1. The van der Waals surface area contributed by atoms with Crippen LogP contribution in [-0.2, 0) is 31.5 Å². The molecule has 0 fully saturated rings. The molecular weight excluding hydrogens is 511 g/mol. The number of ether oxygens (including phenoxy) is 1. The highest BCUT2D eigenvalue weighted by atomic mass is 35.5. The topological polar surface area (TPSA) is 97.4 Å². The zero-order valence-corrected chi connectivity index (χ0v) is 22.0. The number of halogens is 2. The van der Waals surface area contributed by atoms with Crippen molar-refractivity contribution in [2.45, 2.75) is 32.7 Å². The summed E-state index contributed by atoms with van der Waals surface area (Å²) in [5.41, 5.74) is 3.98. The predicted molar refractivity (Wildman–Crippen MR) is 142 cm³/mol. The van der Waals surface area contributed by atoms with Crippen molar-refractivity contribution in [3.8, 4) is 11.1 Å². The molecule has 1 aliphatic rings. The van der Waals surface area contributed by atoms with Crippen LogP contribution in [-0.4, -0.2) is 55.0 Å². The summed E-state index contributed by atoms with van der Waals surface area (Å²) in [6.45, 7) is 2.60. The van der Waals surface area contributed by atoms with Gasteiger partial charge in [0.2, 0.25) is 0 Å². The van der Waals surface area contributed by atoms with E-state index in [9.17, 15) is 14.3 Å². The molecule has 0 saturated carbocycles. The number of pyridine rings is 1. The maximum atomic E-state index is 14.0. The molecule has 0 unspecified atom stereocenters. The van der Waals surface area contributed by atoms with E-state index < -0.39 is 5.82 Å². The summed E-state index contributed by atoms with van der Waals surface area (Å²) in [6.07, 6.45) is 3.47. The summed E-state index contributed by atoms with van der Waals surface area (Å²) < 4.78 is 23.0. The van der Waals surface area contributed by atoms with E-state index in [4.69, 9.17) is 16.3 Å². The molecule has 1 aromatic carbocycles. The number of hydrogen-bond acceptors (Lipinski definition) is 6. The van der Waals surface area contributed by atoms with E-state index in [-0.39, 0.29) is 25.1 Å². The molecule has 11 heteroatoms. The average Bonchev–Trinajstić information content (AvgIpc) is 3.45. The molecule has 0 radical (unpaired) electrons. The Kier molecular flexibility index (Phi) is 7.20. The molecule has 0 aliphatic carbocycles. The van der Waals surface area contributed by atoms with E-state index in [1.165, 1.54) is 18.2 Å². The van der Waals surface area contributed by atoms with Crippen LogP contribution in [0.4, 0.5) is 16.0 Å². The lowest BCUT2D eigenvalue weighted by atomic mass is 10.0. The van der Waals surface area contributed by atoms with Gasteiger partial charge in [-0.1, -0.05) is 17.7 Å². The number of aliphatic hydroxyl groups excluding tert-OH is 1. The van der Waals surface area contributed by atoms with E-state index in [1.54, 1.807) is 29.0 Å². The SMILES string of the molecule is COC[C@H]1Cn2cc(-c3cc(Nc4cc(C)nn4C)ncc3Cl)cc2C(=O)N1Cc1cc(F)ccc1CO. The molecule has 5 rings (SSSR count). The van der Waals surface area contributed by atoms with Gasteiger partial charge in [0.1, 0.15) is 23.1 Å². The van der Waals surface area contributed by atoms with Crippen molar-refractivity contribution in [2.24, 2.45) is 7.05 Å². The van der Waals surface area contributed by atoms with Crippen LogP contribution < -0.4 is 5.32 Å². The fourth-order valence-electron chi connectivity index (χ4n) is 4.83. The third-order valence-electron chi connectivity index (χ3n) is 6.69. The second kappa shape index (κ2) is 10.6. The average molecular weight is 539 g/mol. The number of anilines is 2. The Labute approximate surface area is 224 Å². The van der Waals surface area contributed by atoms with Crippen molar-refractivity contribution >= 4 is 29.1 Å². The number of rotatable bonds is 8. The first kappa shape index (κ1) is 25.9. The van der Waals surface area contributed by atoms with Crippen molar-refractivity contribution in [1.29, 1.82) is 0 Å². The van der Waals surface area contributed by atoms with Crippen LogP contribution in [0.5, 0.6) is 0 Å². The van der Waals surface area contributed by atoms with Gasteiger partial charge in [-0.3, -0.25) is 9.48 Å². The molecule has 0 bridgehead atoms. The highest BCUT2D eigenvalue weighted by Gasteiger charge is 2.34. The predicted octanol–water partition coefficient (Wildman–Crippen LogP) is 4.29. The first-order valence-corrected chi connectivity index (χ1v) is 12.5. The van der Waals surface area contributed by atoms with Gasteiger partial charge >= 0.3 is 0 Å². The Morgan fingerprint density at radius 1 is 1.24 bits per heavy atom. The number of aliphatic hydroxyl groups is 1. The summed E-state index contributed by atoms with van der Waals surface area (Å²) in [7, 11) is 3.42. The van der Waals surface area contributed by atoms with Gasteiger partial charge in [-0.15, -0.1) is 0 Å². The van der Waals surface area contributed by atoms with E-state index in [1.807, 2.05) is 36.9 Å². The lowest BCUT2D eigenvalue weighted by Gasteiger charge is -2.36. The Morgan fingerprint density at radius 2 is 2.05 bits per heavy atom. The Morgan fingerprint density at radius 3 is 2.76 bits per heavy atom. The first-order valence-electron chi connectivity index (χ1n) is 12.1. The van der Waals surface area contributed by atoms with E-state index in [0.29, 0.717) is 40.8 Å². The van der Waals surface area contributed by atoms with Crippen molar-refractivity contribution in [1.82, 2.24) is 24.2 Å². The van der Waals surface area contributed by atoms with Gasteiger partial charge in [0, 0.05) is 56.8 Å². The third-order valence-corrected chi connectivity index (χ3v) is 6.99. The summed E-state index contributed by atoms with van der Waals surface area (Å²) in [4.78, 5) is 19.8. The lowest BCUT2D eigenvalue weighted by molar-refractivity contribution is 0.0386. The van der Waals surface area contributed by atoms with Crippen molar-refractivity contribution < 1.29 is 19.0 Å². The largest absolute Gasteiger partial charge is 0.392 e. The highest BCUT2D eigenvalue weighted by molar-refractivity contribution is 6.33. The van der Waals surface area contributed by atoms with Gasteiger partial charge in [0.25, 0.3) is 5.91 Å². The molecule has 2 N–H and O–H groups in total. The molecule has 1 atom stereocenters. The molecule has 198 valence electrons. The number of nitrogens with zero attached hydrogens (tertiary/aromatic N) is 5. The molecule has 0 spiro atoms. The Bertz CT molecular complexity index is 1500. The quantitative estimate of drug-likeness (QED) is 0.347. The minimum atomic E-state index is -0.423. The summed E-state index contributed by atoms with van der Waals surface area (Å²) in [5, 5.41) is 17.8. The number of aromatic nitrogens is 4. The zero-order valence-electron chi connectivity index (χ0n) is 21.3. The molecule has 9 nitrogen and oxygen atoms in total. The van der Waals surface area contributed by atoms with E-state index in [0.717, 1.165) is 22.6 Å². The highest BCUT2D eigenvalue weighted by Crippen LogP contribution is 2.34. The second-order valence-corrected chi connectivity index (χ2v) is 9.76. The standard InChI is InChI=1S/C27H28ClFN6O3/c1-16-6-26(33(2)32-16)31-25-9-22(23(28)10-30-25)19-8-24-27(37)35(21(15-38-3)13-34(24)11-19)12-18-7-20(29)5-4-17(18)14-36/h4-11,21,36H,12-15H2,1-3H3,(H,30,31)/t21-/m1/s1. The van der Waals surface area contributed by atoms with Crippen LogP contribution in [0, 0.1) is 12.7 Å². The van der Waals surface area contributed by atoms with Gasteiger partial charge in [0.15, 0.2) is 0 Å². The van der Waals surface area contributed by atoms with Gasteiger partial charge < -0.3 is 24.6 Å². The number of carbonyl (C=O) groups excluding carboxylic acids is 1. The van der Waals surface area contributed by atoms with E-state index >= 15 is 0 Å². The van der Waals surface area contributed by atoms with Crippen LogP contribution in [0.25, 0.3) is 11.1 Å². The zero-order chi connectivity index (χ0) is 27.0. The minimum absolute atomic E-state index is 0.148. The number of fused-ring (bicyclic) bond motifs is 1. The fourth-order valence-corrected chi connectivity index (χ4v) is 5.04. The van der Waals surface area contributed by atoms with Gasteiger partial charge in [-0.05, 0) is 42.3 Å². The molecular formula is C27H28ClFN6O3. The summed E-state index contributed by atoms with van der Waals surface area (Å²) in [5.74, 6) is 0.733. The number of aryl methyl sites for hydroxylation is 2. The smallest absolute Gasteiger partial charge is 0.271 e. The van der Waals surface area contributed by atoms with Crippen molar-refractivity contribution in [2.75, 3.05) is 19.0 Å². The number of hydrogen-bond donors (Lipinski definition) is 2. The maximum Gasteiger partial charge on any atom is 0.271 e. The first-order chi connectivity index (χ1) is 18.3. The molecule has 4 aromatic rings. The second-order valence-electron chi connectivity index (χ2n) is 9.35. The molecule has 1 amide bonds. The van der Waals surface area contributed by atoms with Crippen LogP contribution >= 0.6 is 11.6 Å². The summed E-state index contributed by atoms with van der Waals surface area (Å²) in [6, 6.07) is 9.46. The third kappa shape index (κ3) is 5.02. The molecule has 38 heavy (non-hydrogen) atoms. The number of amides is 1. The van der Waals surface area contributed by atoms with Gasteiger partial charge in [-0.2, -0.15) is 5.10 Å². The normalized spacial score (nSPS) is 15.2. The van der Waals surface area contributed by atoms with Crippen LogP contribution in [0.2, 0.25) is 5.02 Å². The molecule has 0 saturated heterocycles. The molecule has 3 aromatic heterocycles. The Balaban J connectivity index is 1.47. The van der Waals surface area contributed by atoms with Crippen molar-refractivity contribution in [3.05, 3.63) is 82.1 Å². The van der Waals surface area contributed by atoms with E-state index in [2.05, 4.69) is 15.4 Å². The Hall–Kier alpha value is -3.73. The van der Waals surface area contributed by atoms with Gasteiger partial charge in [-0.25, -0.2) is 9.37 Å². The minimum Gasteiger partial charge on any atom is -0.392 e. The van der Waals surface area contributed by atoms with Crippen LogP contribution in [0.3, 0.4) is 0 Å². The number of methoxy groups -OCH3 is 1. The monoisotopic (exact) mass is 538 g/mol. The van der Waals surface area contributed by atoms with Crippen molar-refractivity contribution in [3.63, 3.8) is 0 Å². The van der Waals surface area contributed by atoms with Gasteiger partial charge in [0.05, 0.1) is 30.0 Å². The lowest BCUT2D eigenvalue weighted by Crippen LogP contribution is -2.49. The molecule has 1 aliphatic heterocycles. The number of benzene rings is 1. The summed E-state index contributed by atoms with van der Waals surface area (Å²) >= 11 is 6.54. The number of nitrogens with one attached hydrogen (secondary N) is 1. The molecule has 4 heterocycles. The van der Waals surface area contributed by atoms with Crippen LogP contribution in [0.1, 0.15) is 27.3 Å². The fraction of sp³-hybridized carbons (Fsp3) is 0.296. The maximum absolute atomic E-state index is 14.0. The van der Waals surface area contributed by atoms with Crippen LogP contribution in [0.15, 0.2) is 48.8 Å².